The minimum absolute atomic E-state index is 0.518. The van der Waals surface area contributed by atoms with Gasteiger partial charge < -0.3 is 0 Å². The van der Waals surface area contributed by atoms with E-state index in [0.717, 1.165) is 12.0 Å². The lowest BCUT2D eigenvalue weighted by Gasteiger charge is -1.99. The fourth-order valence-electron chi connectivity index (χ4n) is 1.06. The van der Waals surface area contributed by atoms with Crippen molar-refractivity contribution in [2.75, 3.05) is 0 Å². The first-order valence-electron chi connectivity index (χ1n) is 3.90. The molecular weight excluding hydrogens is 202 g/mol. The summed E-state index contributed by atoms with van der Waals surface area (Å²) in [7, 11) is 0. The number of nitrogens with zero attached hydrogens (tertiary/aromatic N) is 3. The Balaban J connectivity index is 2.43. The van der Waals surface area contributed by atoms with Gasteiger partial charge in [0, 0.05) is 12.4 Å². The van der Waals surface area contributed by atoms with E-state index in [-0.39, 0.29) is 0 Å². The lowest BCUT2D eigenvalue weighted by Crippen LogP contribution is -1.94. The Labute approximate surface area is 85.1 Å². The lowest BCUT2D eigenvalue weighted by molar-refractivity contribution is 0.112. The van der Waals surface area contributed by atoms with Gasteiger partial charge in [0.2, 0.25) is 0 Å². The molecule has 0 fully saturated rings. The average Bonchev–Trinajstić information content (AvgIpc) is 2.66. The summed E-state index contributed by atoms with van der Waals surface area (Å²) in [6, 6.07) is 1.72. The summed E-state index contributed by atoms with van der Waals surface area (Å²) < 4.78 is 1.54. The molecule has 0 unspecified atom stereocenters. The number of aromatic nitrogens is 3. The van der Waals surface area contributed by atoms with E-state index >= 15 is 0 Å². The van der Waals surface area contributed by atoms with E-state index in [4.69, 9.17) is 11.6 Å². The fraction of sp³-hybridized carbons (Fsp3) is 0. The molecule has 0 saturated carbocycles. The number of rotatable bonds is 2. The molecule has 0 spiro atoms. The van der Waals surface area contributed by atoms with Crippen LogP contribution >= 0.6 is 11.6 Å². The van der Waals surface area contributed by atoms with E-state index in [9.17, 15) is 4.79 Å². The first-order chi connectivity index (χ1) is 6.79. The number of carbonyl (C=O) groups is 1. The molecule has 0 aliphatic carbocycles. The van der Waals surface area contributed by atoms with Crippen LogP contribution < -0.4 is 0 Å². The largest absolute Gasteiger partial charge is 0.298 e. The Morgan fingerprint density at radius 2 is 2.21 bits per heavy atom. The summed E-state index contributed by atoms with van der Waals surface area (Å²) in [5.41, 5.74) is 1.25. The van der Waals surface area contributed by atoms with Gasteiger partial charge in [-0.1, -0.05) is 11.6 Å². The van der Waals surface area contributed by atoms with Gasteiger partial charge >= 0.3 is 0 Å². The van der Waals surface area contributed by atoms with E-state index in [2.05, 4.69) is 10.1 Å². The highest BCUT2D eigenvalue weighted by Crippen LogP contribution is 2.12. The molecule has 5 heteroatoms. The molecule has 2 aromatic rings. The SMILES string of the molecule is O=Cc1cnn(-c2cncc(Cl)c2)c1. The van der Waals surface area contributed by atoms with Gasteiger partial charge in [-0.15, -0.1) is 0 Å². The van der Waals surface area contributed by atoms with Crippen molar-refractivity contribution in [1.82, 2.24) is 14.8 Å². The third-order valence-corrected chi connectivity index (χ3v) is 1.90. The third kappa shape index (κ3) is 1.65. The molecule has 0 aromatic carbocycles. The first kappa shape index (κ1) is 8.90. The summed E-state index contributed by atoms with van der Waals surface area (Å²) >= 11 is 5.76. The zero-order valence-corrected chi connectivity index (χ0v) is 7.85. The van der Waals surface area contributed by atoms with E-state index in [0.29, 0.717) is 10.6 Å². The molecule has 0 amide bonds. The average molecular weight is 208 g/mol. The Morgan fingerprint density at radius 1 is 1.36 bits per heavy atom. The highest BCUT2D eigenvalue weighted by molar-refractivity contribution is 6.30. The van der Waals surface area contributed by atoms with Crippen molar-refractivity contribution in [3.63, 3.8) is 0 Å². The predicted molar refractivity (Wildman–Crippen MR) is 51.8 cm³/mol. The van der Waals surface area contributed by atoms with Gasteiger partial charge in [0.15, 0.2) is 6.29 Å². The van der Waals surface area contributed by atoms with E-state index in [1.165, 1.54) is 12.4 Å². The van der Waals surface area contributed by atoms with Crippen LogP contribution in [0.5, 0.6) is 0 Å². The second-order valence-electron chi connectivity index (χ2n) is 2.70. The van der Waals surface area contributed by atoms with Crippen molar-refractivity contribution in [3.8, 4) is 5.69 Å². The Kier molecular flexibility index (Phi) is 2.28. The smallest absolute Gasteiger partial charge is 0.153 e. The van der Waals surface area contributed by atoms with Crippen molar-refractivity contribution in [2.24, 2.45) is 0 Å². The van der Waals surface area contributed by atoms with Gasteiger partial charge in [-0.2, -0.15) is 5.10 Å². The molecule has 14 heavy (non-hydrogen) atoms. The zero-order valence-electron chi connectivity index (χ0n) is 7.09. The highest BCUT2D eigenvalue weighted by Gasteiger charge is 2.00. The number of carbonyl (C=O) groups excluding carboxylic acids is 1. The van der Waals surface area contributed by atoms with E-state index in [1.807, 2.05) is 0 Å². The Morgan fingerprint density at radius 3 is 2.86 bits per heavy atom. The van der Waals surface area contributed by atoms with Crippen LogP contribution in [0.1, 0.15) is 10.4 Å². The van der Waals surface area contributed by atoms with Gasteiger partial charge in [0.1, 0.15) is 0 Å². The van der Waals surface area contributed by atoms with Crippen molar-refractivity contribution < 1.29 is 4.79 Å². The number of hydrogen-bond acceptors (Lipinski definition) is 3. The molecule has 0 atom stereocenters. The maximum atomic E-state index is 10.4. The van der Waals surface area contributed by atoms with Gasteiger partial charge in [-0.05, 0) is 6.07 Å². The molecular formula is C9H6ClN3O. The minimum atomic E-state index is 0.518. The summed E-state index contributed by atoms with van der Waals surface area (Å²) in [4.78, 5) is 14.3. The summed E-state index contributed by atoms with van der Waals surface area (Å²) in [5.74, 6) is 0. The molecule has 2 rings (SSSR count). The molecule has 0 N–H and O–H groups in total. The molecule has 0 aliphatic heterocycles. The van der Waals surface area contributed by atoms with Crippen LogP contribution in [-0.4, -0.2) is 21.1 Å². The van der Waals surface area contributed by atoms with Crippen molar-refractivity contribution in [3.05, 3.63) is 41.4 Å². The Hall–Kier alpha value is -1.68. The Bertz CT molecular complexity index is 467. The third-order valence-electron chi connectivity index (χ3n) is 1.69. The van der Waals surface area contributed by atoms with E-state index in [1.54, 1.807) is 23.1 Å². The van der Waals surface area contributed by atoms with Gasteiger partial charge in [0.05, 0.1) is 28.7 Å². The normalized spacial score (nSPS) is 10.1. The number of pyridine rings is 1. The van der Waals surface area contributed by atoms with Crippen LogP contribution in [0.25, 0.3) is 5.69 Å². The second-order valence-corrected chi connectivity index (χ2v) is 3.13. The molecule has 4 nitrogen and oxygen atoms in total. The monoisotopic (exact) mass is 207 g/mol. The topological polar surface area (TPSA) is 47.8 Å². The second kappa shape index (κ2) is 3.59. The van der Waals surface area contributed by atoms with Gasteiger partial charge in [-0.25, -0.2) is 4.68 Å². The summed E-state index contributed by atoms with van der Waals surface area (Å²) in [5, 5.41) is 4.52. The molecule has 0 saturated heterocycles. The minimum Gasteiger partial charge on any atom is -0.298 e. The standard InChI is InChI=1S/C9H6ClN3O/c10-8-1-9(4-11-3-8)13-5-7(6-14)2-12-13/h1-6H. The highest BCUT2D eigenvalue weighted by atomic mass is 35.5. The zero-order chi connectivity index (χ0) is 9.97. The van der Waals surface area contributed by atoms with Crippen LogP contribution in [0.15, 0.2) is 30.9 Å². The lowest BCUT2D eigenvalue weighted by atomic mass is 10.4. The molecule has 0 bridgehead atoms. The van der Waals surface area contributed by atoms with Gasteiger partial charge in [0.25, 0.3) is 0 Å². The molecule has 70 valence electrons. The van der Waals surface area contributed by atoms with Crippen LogP contribution in [0.3, 0.4) is 0 Å². The molecule has 2 heterocycles. The summed E-state index contributed by atoms with van der Waals surface area (Å²) in [6.45, 7) is 0. The maximum Gasteiger partial charge on any atom is 0.153 e. The predicted octanol–water partition coefficient (Wildman–Crippen LogP) is 1.73. The van der Waals surface area contributed by atoms with Crippen molar-refractivity contribution >= 4 is 17.9 Å². The quantitative estimate of drug-likeness (QED) is 0.705. The van der Waals surface area contributed by atoms with Crippen molar-refractivity contribution in [2.45, 2.75) is 0 Å². The van der Waals surface area contributed by atoms with Crippen LogP contribution in [0.2, 0.25) is 5.02 Å². The van der Waals surface area contributed by atoms with Crippen LogP contribution in [-0.2, 0) is 0 Å². The number of halogens is 1. The van der Waals surface area contributed by atoms with Crippen LogP contribution in [0.4, 0.5) is 0 Å². The van der Waals surface area contributed by atoms with E-state index < -0.39 is 0 Å². The van der Waals surface area contributed by atoms with Crippen molar-refractivity contribution in [1.29, 1.82) is 0 Å². The van der Waals surface area contributed by atoms with Crippen LogP contribution in [0, 0.1) is 0 Å². The fourth-order valence-corrected chi connectivity index (χ4v) is 1.23. The number of hydrogen-bond donors (Lipinski definition) is 0. The molecule has 0 radical (unpaired) electrons. The first-order valence-corrected chi connectivity index (χ1v) is 4.28. The maximum absolute atomic E-state index is 10.4. The van der Waals surface area contributed by atoms with Gasteiger partial charge in [-0.3, -0.25) is 9.78 Å². The summed E-state index contributed by atoms with van der Waals surface area (Å²) in [6.07, 6.45) is 6.98. The molecule has 2 aromatic heterocycles. The number of aldehydes is 1. The molecule has 0 aliphatic rings.